The summed E-state index contributed by atoms with van der Waals surface area (Å²) >= 11 is 0. The molecule has 0 spiro atoms. The van der Waals surface area contributed by atoms with Crippen LogP contribution >= 0.6 is 0 Å². The fraction of sp³-hybridized carbons (Fsp3) is 0.562. The van der Waals surface area contributed by atoms with Gasteiger partial charge in [0.15, 0.2) is 0 Å². The molecule has 1 aromatic rings. The lowest BCUT2D eigenvalue weighted by Crippen LogP contribution is -2.45. The van der Waals surface area contributed by atoms with Gasteiger partial charge in [-0.25, -0.2) is 8.42 Å². The lowest BCUT2D eigenvalue weighted by Gasteiger charge is -2.23. The summed E-state index contributed by atoms with van der Waals surface area (Å²) in [4.78, 5) is 12.4. The normalized spacial score (nSPS) is 18.8. The van der Waals surface area contributed by atoms with E-state index < -0.39 is 10.0 Å². The quantitative estimate of drug-likeness (QED) is 0.816. The molecule has 0 saturated carbocycles. The van der Waals surface area contributed by atoms with Crippen molar-refractivity contribution in [2.45, 2.75) is 37.6 Å². The standard InChI is InChI=1S/C16H25N3O3S/c1-3-19(4-2)23(21,22)15-9-7-13(8-10-15)16(20)18-14-6-5-11-17-12-14/h7-10,14,17H,3-6,11-12H2,1-2H3,(H,18,20)/t14-/m0/s1. The number of amides is 1. The van der Waals surface area contributed by atoms with Crippen LogP contribution in [0.4, 0.5) is 0 Å². The number of carbonyl (C=O) groups is 1. The number of sulfonamides is 1. The van der Waals surface area contributed by atoms with Crippen LogP contribution in [0.5, 0.6) is 0 Å². The third kappa shape index (κ3) is 4.31. The summed E-state index contributed by atoms with van der Waals surface area (Å²) in [7, 11) is -3.48. The topological polar surface area (TPSA) is 78.5 Å². The van der Waals surface area contributed by atoms with Crippen LogP contribution < -0.4 is 10.6 Å². The molecular weight excluding hydrogens is 314 g/mol. The number of nitrogens with zero attached hydrogens (tertiary/aromatic N) is 1. The van der Waals surface area contributed by atoms with E-state index in [1.807, 2.05) is 0 Å². The van der Waals surface area contributed by atoms with E-state index in [-0.39, 0.29) is 16.8 Å². The van der Waals surface area contributed by atoms with Crippen molar-refractivity contribution >= 4 is 15.9 Å². The molecule has 0 radical (unpaired) electrons. The molecule has 0 aliphatic carbocycles. The van der Waals surface area contributed by atoms with Crippen LogP contribution in [0, 0.1) is 0 Å². The molecule has 0 aromatic heterocycles. The maximum atomic E-state index is 12.4. The zero-order chi connectivity index (χ0) is 16.9. The summed E-state index contributed by atoms with van der Waals surface area (Å²) in [6.07, 6.45) is 2.01. The van der Waals surface area contributed by atoms with Crippen molar-refractivity contribution in [1.29, 1.82) is 0 Å². The molecule has 0 unspecified atom stereocenters. The Balaban J connectivity index is 2.08. The van der Waals surface area contributed by atoms with Crippen LogP contribution in [0.3, 0.4) is 0 Å². The highest BCUT2D eigenvalue weighted by atomic mass is 32.2. The van der Waals surface area contributed by atoms with Gasteiger partial charge in [-0.15, -0.1) is 0 Å². The third-order valence-corrected chi connectivity index (χ3v) is 6.16. The van der Waals surface area contributed by atoms with Crippen molar-refractivity contribution in [1.82, 2.24) is 14.9 Å². The number of hydrogen-bond acceptors (Lipinski definition) is 4. The van der Waals surface area contributed by atoms with E-state index in [1.54, 1.807) is 26.0 Å². The molecule has 2 N–H and O–H groups in total. The summed E-state index contributed by atoms with van der Waals surface area (Å²) in [6, 6.07) is 6.28. The Hall–Kier alpha value is -1.44. The Morgan fingerprint density at radius 1 is 1.26 bits per heavy atom. The number of nitrogens with one attached hydrogen (secondary N) is 2. The molecular formula is C16H25N3O3S. The minimum Gasteiger partial charge on any atom is -0.348 e. The lowest BCUT2D eigenvalue weighted by molar-refractivity contribution is 0.0930. The summed E-state index contributed by atoms with van der Waals surface area (Å²) in [5, 5.41) is 6.22. The second-order valence-electron chi connectivity index (χ2n) is 5.63. The Morgan fingerprint density at radius 3 is 2.43 bits per heavy atom. The number of benzene rings is 1. The molecule has 128 valence electrons. The summed E-state index contributed by atoms with van der Waals surface area (Å²) in [5.74, 6) is -0.162. The predicted octanol–water partition coefficient (Wildman–Crippen LogP) is 1.20. The van der Waals surface area contributed by atoms with Crippen molar-refractivity contribution in [3.8, 4) is 0 Å². The van der Waals surface area contributed by atoms with Gasteiger partial charge >= 0.3 is 0 Å². The van der Waals surface area contributed by atoms with Gasteiger partial charge in [-0.2, -0.15) is 4.31 Å². The van der Waals surface area contributed by atoms with Gasteiger partial charge in [-0.05, 0) is 43.7 Å². The fourth-order valence-corrected chi connectivity index (χ4v) is 4.19. The largest absolute Gasteiger partial charge is 0.348 e. The molecule has 23 heavy (non-hydrogen) atoms. The van der Waals surface area contributed by atoms with E-state index in [1.165, 1.54) is 16.4 Å². The van der Waals surface area contributed by atoms with Crippen molar-refractivity contribution in [3.05, 3.63) is 29.8 Å². The van der Waals surface area contributed by atoms with Crippen molar-refractivity contribution in [2.24, 2.45) is 0 Å². The van der Waals surface area contributed by atoms with E-state index >= 15 is 0 Å². The SMILES string of the molecule is CCN(CC)S(=O)(=O)c1ccc(C(=O)N[C@H]2CCCNC2)cc1. The van der Waals surface area contributed by atoms with Crippen LogP contribution in [-0.4, -0.2) is 50.9 Å². The zero-order valence-electron chi connectivity index (χ0n) is 13.7. The molecule has 1 aromatic carbocycles. The molecule has 1 saturated heterocycles. The average molecular weight is 339 g/mol. The predicted molar refractivity (Wildman–Crippen MR) is 89.9 cm³/mol. The summed E-state index contributed by atoms with van der Waals surface area (Å²) in [5.41, 5.74) is 0.481. The van der Waals surface area contributed by atoms with Gasteiger partial charge in [0.2, 0.25) is 10.0 Å². The van der Waals surface area contributed by atoms with Crippen LogP contribution in [0.1, 0.15) is 37.0 Å². The van der Waals surface area contributed by atoms with Crippen LogP contribution in [0.2, 0.25) is 0 Å². The molecule has 1 fully saturated rings. The molecule has 6 nitrogen and oxygen atoms in total. The minimum absolute atomic E-state index is 0.135. The first-order chi connectivity index (χ1) is 11.0. The number of rotatable bonds is 6. The Morgan fingerprint density at radius 2 is 1.91 bits per heavy atom. The molecule has 1 amide bonds. The van der Waals surface area contributed by atoms with E-state index in [9.17, 15) is 13.2 Å². The molecule has 1 aliphatic heterocycles. The first-order valence-corrected chi connectivity index (χ1v) is 9.54. The van der Waals surface area contributed by atoms with E-state index in [0.717, 1.165) is 25.9 Å². The van der Waals surface area contributed by atoms with Crippen LogP contribution in [0.15, 0.2) is 29.2 Å². The van der Waals surface area contributed by atoms with Crippen molar-refractivity contribution in [3.63, 3.8) is 0 Å². The van der Waals surface area contributed by atoms with Gasteiger partial charge in [0.05, 0.1) is 4.90 Å². The second-order valence-corrected chi connectivity index (χ2v) is 7.57. The van der Waals surface area contributed by atoms with Crippen LogP contribution in [-0.2, 0) is 10.0 Å². The molecule has 1 aliphatic rings. The summed E-state index contributed by atoms with van der Waals surface area (Å²) < 4.78 is 26.2. The maximum Gasteiger partial charge on any atom is 0.251 e. The van der Waals surface area contributed by atoms with E-state index in [4.69, 9.17) is 0 Å². The molecule has 0 bridgehead atoms. The highest BCUT2D eigenvalue weighted by Gasteiger charge is 2.22. The van der Waals surface area contributed by atoms with Gasteiger partial charge in [0.1, 0.15) is 0 Å². The number of carbonyl (C=O) groups excluding carboxylic acids is 1. The van der Waals surface area contributed by atoms with Gasteiger partial charge in [0, 0.05) is 31.2 Å². The van der Waals surface area contributed by atoms with E-state index in [2.05, 4.69) is 10.6 Å². The average Bonchev–Trinajstić information content (AvgIpc) is 2.56. The molecule has 7 heteroatoms. The Labute approximate surface area is 138 Å². The second kappa shape index (κ2) is 7.90. The first-order valence-electron chi connectivity index (χ1n) is 8.10. The number of piperidine rings is 1. The van der Waals surface area contributed by atoms with Gasteiger partial charge in [-0.1, -0.05) is 13.8 Å². The zero-order valence-corrected chi connectivity index (χ0v) is 14.5. The van der Waals surface area contributed by atoms with Crippen molar-refractivity contribution < 1.29 is 13.2 Å². The lowest BCUT2D eigenvalue weighted by atomic mass is 10.1. The Bertz CT molecular complexity index is 618. The van der Waals surface area contributed by atoms with Crippen LogP contribution in [0.25, 0.3) is 0 Å². The Kier molecular flexibility index (Phi) is 6.15. The monoisotopic (exact) mass is 339 g/mol. The first kappa shape index (κ1) is 17.9. The number of hydrogen-bond donors (Lipinski definition) is 2. The van der Waals surface area contributed by atoms with Crippen molar-refractivity contribution in [2.75, 3.05) is 26.2 Å². The maximum absolute atomic E-state index is 12.4. The smallest absolute Gasteiger partial charge is 0.251 e. The summed E-state index contributed by atoms with van der Waals surface area (Å²) in [6.45, 7) is 6.23. The fourth-order valence-electron chi connectivity index (χ4n) is 2.73. The van der Waals surface area contributed by atoms with Gasteiger partial charge < -0.3 is 10.6 Å². The third-order valence-electron chi connectivity index (χ3n) is 4.09. The highest BCUT2D eigenvalue weighted by Crippen LogP contribution is 2.16. The van der Waals surface area contributed by atoms with Gasteiger partial charge in [0.25, 0.3) is 5.91 Å². The molecule has 2 rings (SSSR count). The minimum atomic E-state index is -3.48. The highest BCUT2D eigenvalue weighted by molar-refractivity contribution is 7.89. The molecule has 1 heterocycles. The molecule has 1 atom stereocenters. The van der Waals surface area contributed by atoms with Gasteiger partial charge in [-0.3, -0.25) is 4.79 Å². The van der Waals surface area contributed by atoms with E-state index in [0.29, 0.717) is 18.7 Å².